The number of anilines is 3. The topological polar surface area (TPSA) is 8.17 Å². The average Bonchev–Trinajstić information content (AvgIpc) is 3.43. The van der Waals surface area contributed by atoms with E-state index in [0.29, 0.717) is 0 Å². The van der Waals surface area contributed by atoms with E-state index in [1.165, 1.54) is 43.7 Å². The summed E-state index contributed by atoms with van der Waals surface area (Å²) in [6.45, 7) is 0. The standard InChI is InChI=1S/C40H28N2/c1-5-16-29(17-6-1)35-28-30-18-13-14-25-34(30)40-38(35)39-36(26-15-27-37(39)42(40)33-23-11-4-12-24-33)41(31-19-7-2-8-20-31)32-21-9-3-10-22-32/h1-28H. The summed E-state index contributed by atoms with van der Waals surface area (Å²) in [6.07, 6.45) is 0. The first-order chi connectivity index (χ1) is 20.9. The van der Waals surface area contributed by atoms with Gasteiger partial charge in [-0.05, 0) is 71.1 Å². The van der Waals surface area contributed by atoms with Crippen LogP contribution >= 0.6 is 0 Å². The summed E-state index contributed by atoms with van der Waals surface area (Å²) >= 11 is 0. The fourth-order valence-electron chi connectivity index (χ4n) is 6.36. The second kappa shape index (κ2) is 10.1. The van der Waals surface area contributed by atoms with Crippen LogP contribution in [0.2, 0.25) is 0 Å². The molecule has 0 aliphatic carbocycles. The Kier molecular flexibility index (Phi) is 5.82. The van der Waals surface area contributed by atoms with Gasteiger partial charge in [-0.1, -0.05) is 115 Å². The first kappa shape index (κ1) is 24.2. The molecule has 0 radical (unpaired) electrons. The molecule has 42 heavy (non-hydrogen) atoms. The van der Waals surface area contributed by atoms with Crippen molar-refractivity contribution in [2.75, 3.05) is 4.90 Å². The van der Waals surface area contributed by atoms with Crippen molar-refractivity contribution in [1.29, 1.82) is 0 Å². The molecule has 1 aromatic heterocycles. The summed E-state index contributed by atoms with van der Waals surface area (Å²) in [5, 5.41) is 4.96. The molecule has 2 nitrogen and oxygen atoms in total. The molecule has 8 aromatic rings. The zero-order chi connectivity index (χ0) is 27.9. The number of hydrogen-bond acceptors (Lipinski definition) is 1. The molecule has 0 saturated carbocycles. The quantitative estimate of drug-likeness (QED) is 0.212. The largest absolute Gasteiger partial charge is 0.310 e. The van der Waals surface area contributed by atoms with Gasteiger partial charge in [0.1, 0.15) is 0 Å². The Balaban J connectivity index is 1.61. The molecule has 7 aromatic carbocycles. The van der Waals surface area contributed by atoms with E-state index in [2.05, 4.69) is 179 Å². The highest BCUT2D eigenvalue weighted by molar-refractivity contribution is 6.27. The van der Waals surface area contributed by atoms with E-state index in [1.807, 2.05) is 0 Å². The molecule has 0 aliphatic rings. The van der Waals surface area contributed by atoms with Crippen LogP contribution < -0.4 is 4.90 Å². The van der Waals surface area contributed by atoms with Gasteiger partial charge in [-0.25, -0.2) is 0 Å². The highest BCUT2D eigenvalue weighted by Gasteiger charge is 2.24. The summed E-state index contributed by atoms with van der Waals surface area (Å²) in [7, 11) is 0. The molecule has 0 unspecified atom stereocenters. The number of hydrogen-bond donors (Lipinski definition) is 0. The number of nitrogens with zero attached hydrogens (tertiary/aromatic N) is 2. The van der Waals surface area contributed by atoms with Crippen molar-refractivity contribution in [2.45, 2.75) is 0 Å². The van der Waals surface area contributed by atoms with E-state index >= 15 is 0 Å². The molecular formula is C40H28N2. The van der Waals surface area contributed by atoms with Crippen LogP contribution in [0.3, 0.4) is 0 Å². The van der Waals surface area contributed by atoms with Crippen LogP contribution in [0.5, 0.6) is 0 Å². The zero-order valence-corrected chi connectivity index (χ0v) is 23.1. The SMILES string of the molecule is c1ccc(-c2cc3ccccc3c3c2c2c(N(c4ccccc4)c4ccccc4)cccc2n3-c2ccccc2)cc1. The molecular weight excluding hydrogens is 508 g/mol. The molecule has 0 aliphatic heterocycles. The normalized spacial score (nSPS) is 11.3. The summed E-state index contributed by atoms with van der Waals surface area (Å²) in [6, 6.07) is 60.8. The van der Waals surface area contributed by atoms with Gasteiger partial charge in [-0.2, -0.15) is 0 Å². The molecule has 0 spiro atoms. The minimum atomic E-state index is 1.12. The molecule has 0 saturated heterocycles. The Labute approximate surface area is 245 Å². The van der Waals surface area contributed by atoms with Crippen LogP contribution in [0.4, 0.5) is 17.1 Å². The monoisotopic (exact) mass is 536 g/mol. The number of para-hydroxylation sites is 3. The average molecular weight is 537 g/mol. The van der Waals surface area contributed by atoms with Crippen LogP contribution in [0.15, 0.2) is 170 Å². The Morgan fingerprint density at radius 3 is 1.69 bits per heavy atom. The molecule has 0 atom stereocenters. The van der Waals surface area contributed by atoms with Gasteiger partial charge in [0.2, 0.25) is 0 Å². The van der Waals surface area contributed by atoms with Crippen molar-refractivity contribution >= 4 is 49.6 Å². The van der Waals surface area contributed by atoms with Gasteiger partial charge in [0.25, 0.3) is 0 Å². The maximum absolute atomic E-state index is 2.46. The zero-order valence-electron chi connectivity index (χ0n) is 23.1. The predicted octanol–water partition coefficient (Wildman–Crippen LogP) is 11.1. The van der Waals surface area contributed by atoms with Crippen LogP contribution in [-0.4, -0.2) is 4.57 Å². The fraction of sp³-hybridized carbons (Fsp3) is 0. The van der Waals surface area contributed by atoms with Gasteiger partial charge in [-0.3, -0.25) is 0 Å². The predicted molar refractivity (Wildman–Crippen MR) is 178 cm³/mol. The molecule has 2 heteroatoms. The van der Waals surface area contributed by atoms with Crippen LogP contribution in [-0.2, 0) is 0 Å². The Morgan fingerprint density at radius 2 is 1.02 bits per heavy atom. The Morgan fingerprint density at radius 1 is 0.452 bits per heavy atom. The second-order valence-corrected chi connectivity index (χ2v) is 10.6. The molecule has 8 rings (SSSR count). The summed E-state index contributed by atoms with van der Waals surface area (Å²) in [5.74, 6) is 0. The van der Waals surface area contributed by atoms with Crippen LogP contribution in [0.1, 0.15) is 0 Å². The van der Waals surface area contributed by atoms with E-state index in [9.17, 15) is 0 Å². The van der Waals surface area contributed by atoms with Crippen molar-refractivity contribution in [1.82, 2.24) is 4.57 Å². The number of benzene rings is 7. The molecule has 0 N–H and O–H groups in total. The van der Waals surface area contributed by atoms with E-state index in [4.69, 9.17) is 0 Å². The van der Waals surface area contributed by atoms with Gasteiger partial charge < -0.3 is 9.47 Å². The van der Waals surface area contributed by atoms with Crippen molar-refractivity contribution in [3.8, 4) is 16.8 Å². The molecule has 0 amide bonds. The number of rotatable bonds is 5. The number of aromatic nitrogens is 1. The second-order valence-electron chi connectivity index (χ2n) is 10.6. The minimum absolute atomic E-state index is 1.12. The van der Waals surface area contributed by atoms with E-state index in [1.54, 1.807) is 0 Å². The maximum Gasteiger partial charge on any atom is 0.0626 e. The molecule has 1 heterocycles. The van der Waals surface area contributed by atoms with Crippen molar-refractivity contribution < 1.29 is 0 Å². The third-order valence-electron chi connectivity index (χ3n) is 8.13. The van der Waals surface area contributed by atoms with Gasteiger partial charge in [0, 0.05) is 33.2 Å². The Hall–Kier alpha value is -5.60. The van der Waals surface area contributed by atoms with Crippen molar-refractivity contribution in [3.63, 3.8) is 0 Å². The lowest BCUT2D eigenvalue weighted by molar-refractivity contribution is 1.18. The first-order valence-electron chi connectivity index (χ1n) is 14.4. The number of fused-ring (bicyclic) bond motifs is 5. The van der Waals surface area contributed by atoms with Crippen molar-refractivity contribution in [3.05, 3.63) is 170 Å². The lowest BCUT2D eigenvalue weighted by atomic mass is 9.94. The molecule has 198 valence electrons. The summed E-state index contributed by atoms with van der Waals surface area (Å²) < 4.78 is 2.46. The van der Waals surface area contributed by atoms with Gasteiger partial charge in [-0.15, -0.1) is 0 Å². The maximum atomic E-state index is 2.46. The van der Waals surface area contributed by atoms with E-state index < -0.39 is 0 Å². The highest BCUT2D eigenvalue weighted by Crippen LogP contribution is 2.48. The van der Waals surface area contributed by atoms with E-state index in [-0.39, 0.29) is 0 Å². The van der Waals surface area contributed by atoms with Gasteiger partial charge in [0.05, 0.1) is 16.7 Å². The molecule has 0 bridgehead atoms. The summed E-state index contributed by atoms with van der Waals surface area (Å²) in [5.41, 5.74) is 9.39. The van der Waals surface area contributed by atoms with Crippen LogP contribution in [0, 0.1) is 0 Å². The third-order valence-corrected chi connectivity index (χ3v) is 8.13. The minimum Gasteiger partial charge on any atom is -0.310 e. The lowest BCUT2D eigenvalue weighted by Gasteiger charge is -2.26. The van der Waals surface area contributed by atoms with E-state index in [0.717, 1.165) is 22.7 Å². The van der Waals surface area contributed by atoms with Gasteiger partial charge in [0.15, 0.2) is 0 Å². The molecule has 0 fully saturated rings. The lowest BCUT2D eigenvalue weighted by Crippen LogP contribution is -2.10. The third kappa shape index (κ3) is 3.88. The summed E-state index contributed by atoms with van der Waals surface area (Å²) in [4.78, 5) is 2.39. The highest BCUT2D eigenvalue weighted by atomic mass is 15.1. The van der Waals surface area contributed by atoms with Crippen molar-refractivity contribution in [2.24, 2.45) is 0 Å². The first-order valence-corrected chi connectivity index (χ1v) is 14.4. The smallest absolute Gasteiger partial charge is 0.0626 e. The fourth-order valence-corrected chi connectivity index (χ4v) is 6.36. The Bertz CT molecular complexity index is 2130. The van der Waals surface area contributed by atoms with Gasteiger partial charge >= 0.3 is 0 Å². The van der Waals surface area contributed by atoms with Crippen LogP contribution in [0.25, 0.3) is 49.4 Å².